The van der Waals surface area contributed by atoms with E-state index in [1.165, 1.54) is 0 Å². The summed E-state index contributed by atoms with van der Waals surface area (Å²) in [6.07, 6.45) is 1.67. The molecule has 2 aromatic rings. The third kappa shape index (κ3) is 2.68. The van der Waals surface area contributed by atoms with Gasteiger partial charge in [0.25, 0.3) is 0 Å². The number of pyridine rings is 1. The lowest BCUT2D eigenvalue weighted by atomic mass is 10.2. The first kappa shape index (κ1) is 11.7. The van der Waals surface area contributed by atoms with Crippen molar-refractivity contribution in [3.05, 3.63) is 52.7 Å². The van der Waals surface area contributed by atoms with Gasteiger partial charge in [0.15, 0.2) is 0 Å². The Hall–Kier alpha value is -1.74. The lowest BCUT2D eigenvalue weighted by molar-refractivity contribution is 0.295. The van der Waals surface area contributed by atoms with Crippen LogP contribution in [-0.4, -0.2) is 4.98 Å². The Morgan fingerprint density at radius 1 is 1.29 bits per heavy atom. The van der Waals surface area contributed by atoms with Gasteiger partial charge in [-0.25, -0.2) is 4.98 Å². The molecule has 2 N–H and O–H groups in total. The summed E-state index contributed by atoms with van der Waals surface area (Å²) in [4.78, 5) is 4.09. The summed E-state index contributed by atoms with van der Waals surface area (Å²) >= 11 is 6.03. The number of nitrogen functional groups attached to an aromatic ring is 1. The van der Waals surface area contributed by atoms with Crippen molar-refractivity contribution in [2.45, 2.75) is 13.5 Å². The molecule has 0 saturated heterocycles. The highest BCUT2D eigenvalue weighted by molar-refractivity contribution is 6.31. The molecule has 88 valence electrons. The van der Waals surface area contributed by atoms with Gasteiger partial charge >= 0.3 is 0 Å². The molecule has 1 aromatic carbocycles. The van der Waals surface area contributed by atoms with Gasteiger partial charge in [-0.2, -0.15) is 0 Å². The Balaban J connectivity index is 2.13. The van der Waals surface area contributed by atoms with Gasteiger partial charge in [0.1, 0.15) is 6.61 Å². The molecule has 3 nitrogen and oxygen atoms in total. The molecular formula is C13H13ClN2O. The zero-order valence-electron chi connectivity index (χ0n) is 9.48. The summed E-state index contributed by atoms with van der Waals surface area (Å²) in [6, 6.07) is 9.38. The summed E-state index contributed by atoms with van der Waals surface area (Å²) < 4.78 is 5.56. The van der Waals surface area contributed by atoms with E-state index >= 15 is 0 Å². The van der Waals surface area contributed by atoms with Gasteiger partial charge < -0.3 is 10.5 Å². The van der Waals surface area contributed by atoms with E-state index in [9.17, 15) is 0 Å². The topological polar surface area (TPSA) is 48.1 Å². The monoisotopic (exact) mass is 248 g/mol. The molecule has 0 amide bonds. The minimum atomic E-state index is 0.361. The molecule has 17 heavy (non-hydrogen) atoms. The molecule has 1 heterocycles. The summed E-state index contributed by atoms with van der Waals surface area (Å²) in [7, 11) is 0. The third-order valence-corrected chi connectivity index (χ3v) is 2.86. The zero-order chi connectivity index (χ0) is 12.3. The Bertz CT molecular complexity index is 529. The summed E-state index contributed by atoms with van der Waals surface area (Å²) in [6.45, 7) is 2.28. The minimum absolute atomic E-state index is 0.361. The molecule has 2 rings (SSSR count). The molecular weight excluding hydrogens is 236 g/mol. The number of rotatable bonds is 3. The van der Waals surface area contributed by atoms with Crippen molar-refractivity contribution >= 4 is 17.3 Å². The number of anilines is 1. The number of aryl methyl sites for hydroxylation is 1. The van der Waals surface area contributed by atoms with Crippen LogP contribution < -0.4 is 10.5 Å². The first-order valence-corrected chi connectivity index (χ1v) is 5.63. The summed E-state index contributed by atoms with van der Waals surface area (Å²) in [5, 5.41) is 0.679. The number of ether oxygens (including phenoxy) is 1. The van der Waals surface area contributed by atoms with Crippen LogP contribution in [0, 0.1) is 6.92 Å². The normalized spacial score (nSPS) is 10.2. The Labute approximate surface area is 105 Å². The number of aromatic nitrogens is 1. The van der Waals surface area contributed by atoms with Crippen LogP contribution in [0.4, 0.5) is 5.69 Å². The summed E-state index contributed by atoms with van der Waals surface area (Å²) in [5.74, 6) is 0.449. The third-order valence-electron chi connectivity index (χ3n) is 2.49. The maximum absolute atomic E-state index is 6.03. The fourth-order valence-electron chi connectivity index (χ4n) is 1.42. The van der Waals surface area contributed by atoms with E-state index in [0.29, 0.717) is 23.2 Å². The average molecular weight is 249 g/mol. The fraction of sp³-hybridized carbons (Fsp3) is 0.154. The van der Waals surface area contributed by atoms with Crippen LogP contribution in [0.3, 0.4) is 0 Å². The van der Waals surface area contributed by atoms with E-state index in [0.717, 1.165) is 11.1 Å². The van der Waals surface area contributed by atoms with Crippen LogP contribution in [0.15, 0.2) is 36.5 Å². The number of halogens is 1. The van der Waals surface area contributed by atoms with E-state index in [4.69, 9.17) is 22.1 Å². The second kappa shape index (κ2) is 5.06. The van der Waals surface area contributed by atoms with Crippen molar-refractivity contribution in [3.63, 3.8) is 0 Å². The van der Waals surface area contributed by atoms with Gasteiger partial charge in [0.2, 0.25) is 5.88 Å². The molecule has 0 fully saturated rings. The molecule has 0 unspecified atom stereocenters. The van der Waals surface area contributed by atoms with E-state index in [2.05, 4.69) is 4.98 Å². The Morgan fingerprint density at radius 2 is 2.06 bits per heavy atom. The predicted molar refractivity (Wildman–Crippen MR) is 69.2 cm³/mol. The molecule has 4 heteroatoms. The van der Waals surface area contributed by atoms with Crippen molar-refractivity contribution in [1.82, 2.24) is 4.98 Å². The first-order valence-electron chi connectivity index (χ1n) is 5.26. The quantitative estimate of drug-likeness (QED) is 0.907. The van der Waals surface area contributed by atoms with Crippen LogP contribution in [0.1, 0.15) is 11.1 Å². The molecule has 0 spiro atoms. The largest absolute Gasteiger partial charge is 0.471 e. The number of benzene rings is 1. The van der Waals surface area contributed by atoms with Crippen molar-refractivity contribution in [2.24, 2.45) is 0 Å². The highest BCUT2D eigenvalue weighted by Gasteiger charge is 2.06. The van der Waals surface area contributed by atoms with Gasteiger partial charge in [-0.05, 0) is 24.6 Å². The van der Waals surface area contributed by atoms with E-state index in [-0.39, 0.29) is 0 Å². The Kier molecular flexibility index (Phi) is 3.49. The molecule has 0 radical (unpaired) electrons. The van der Waals surface area contributed by atoms with Crippen molar-refractivity contribution in [2.75, 3.05) is 5.73 Å². The Morgan fingerprint density at radius 3 is 2.82 bits per heavy atom. The number of nitrogens with zero attached hydrogens (tertiary/aromatic N) is 1. The van der Waals surface area contributed by atoms with E-state index in [1.807, 2.05) is 37.3 Å². The predicted octanol–water partition coefficient (Wildman–Crippen LogP) is 3.20. The molecule has 0 aliphatic carbocycles. The van der Waals surface area contributed by atoms with Gasteiger partial charge in [0.05, 0.1) is 5.69 Å². The number of hydrogen-bond donors (Lipinski definition) is 1. The van der Waals surface area contributed by atoms with Crippen LogP contribution in [-0.2, 0) is 6.61 Å². The molecule has 1 aromatic heterocycles. The van der Waals surface area contributed by atoms with Crippen molar-refractivity contribution < 1.29 is 4.74 Å². The first-order chi connectivity index (χ1) is 8.18. The lowest BCUT2D eigenvalue weighted by Gasteiger charge is -2.09. The van der Waals surface area contributed by atoms with E-state index in [1.54, 1.807) is 6.20 Å². The van der Waals surface area contributed by atoms with Gasteiger partial charge in [-0.1, -0.05) is 29.8 Å². The van der Waals surface area contributed by atoms with E-state index < -0.39 is 0 Å². The van der Waals surface area contributed by atoms with Gasteiger partial charge in [0, 0.05) is 16.8 Å². The van der Waals surface area contributed by atoms with Crippen LogP contribution >= 0.6 is 11.6 Å². The lowest BCUT2D eigenvalue weighted by Crippen LogP contribution is -2.02. The standard InChI is InChI=1S/C13H13ClN2O/c1-9-6-7-16-13(12(9)15)17-8-10-4-2-3-5-11(10)14/h2-7H,8,15H2,1H3. The fourth-order valence-corrected chi connectivity index (χ4v) is 1.61. The minimum Gasteiger partial charge on any atom is -0.471 e. The summed E-state index contributed by atoms with van der Waals surface area (Å²) in [5.41, 5.74) is 8.30. The molecule has 0 atom stereocenters. The van der Waals surface area contributed by atoms with Gasteiger partial charge in [-0.3, -0.25) is 0 Å². The molecule has 0 bridgehead atoms. The zero-order valence-corrected chi connectivity index (χ0v) is 10.2. The molecule has 0 saturated carbocycles. The maximum atomic E-state index is 6.03. The van der Waals surface area contributed by atoms with Crippen LogP contribution in [0.25, 0.3) is 0 Å². The van der Waals surface area contributed by atoms with Crippen molar-refractivity contribution in [1.29, 1.82) is 0 Å². The number of nitrogens with two attached hydrogens (primary N) is 1. The second-order valence-electron chi connectivity index (χ2n) is 3.73. The molecule has 0 aliphatic rings. The average Bonchev–Trinajstić information content (AvgIpc) is 2.33. The highest BCUT2D eigenvalue weighted by Crippen LogP contribution is 2.23. The second-order valence-corrected chi connectivity index (χ2v) is 4.13. The van der Waals surface area contributed by atoms with Crippen molar-refractivity contribution in [3.8, 4) is 5.88 Å². The van der Waals surface area contributed by atoms with Gasteiger partial charge in [-0.15, -0.1) is 0 Å². The maximum Gasteiger partial charge on any atom is 0.237 e. The SMILES string of the molecule is Cc1ccnc(OCc2ccccc2Cl)c1N. The van der Waals surface area contributed by atoms with Crippen LogP contribution in [0.5, 0.6) is 5.88 Å². The highest BCUT2D eigenvalue weighted by atomic mass is 35.5. The van der Waals surface area contributed by atoms with Crippen LogP contribution in [0.2, 0.25) is 5.02 Å². The smallest absolute Gasteiger partial charge is 0.237 e. The number of hydrogen-bond acceptors (Lipinski definition) is 3. The molecule has 0 aliphatic heterocycles.